The van der Waals surface area contributed by atoms with Gasteiger partial charge < -0.3 is 9.30 Å². The lowest BCUT2D eigenvalue weighted by Crippen LogP contribution is -2.04. The highest BCUT2D eigenvalue weighted by Crippen LogP contribution is 2.16. The van der Waals surface area contributed by atoms with Gasteiger partial charge in [0.1, 0.15) is 5.82 Å². The summed E-state index contributed by atoms with van der Waals surface area (Å²) in [7, 11) is 1.38. The number of imidazole rings is 1. The molecule has 0 fully saturated rings. The monoisotopic (exact) mass is 256 g/mol. The molecule has 1 aromatic heterocycles. The Labute approximate surface area is 112 Å². The van der Waals surface area contributed by atoms with Crippen LogP contribution in [0.1, 0.15) is 6.92 Å². The Morgan fingerprint density at radius 3 is 2.79 bits per heavy atom. The van der Waals surface area contributed by atoms with Crippen molar-refractivity contribution in [2.24, 2.45) is 0 Å². The molecule has 0 aliphatic carbocycles. The van der Waals surface area contributed by atoms with E-state index in [2.05, 4.69) is 9.72 Å². The van der Waals surface area contributed by atoms with Crippen LogP contribution >= 0.6 is 0 Å². The maximum absolute atomic E-state index is 11.3. The highest BCUT2D eigenvalue weighted by Gasteiger charge is 2.06. The molecule has 0 spiro atoms. The molecule has 0 N–H and O–H groups in total. The molecule has 2 aromatic rings. The molecule has 0 saturated carbocycles. The Morgan fingerprint density at radius 1 is 1.37 bits per heavy atom. The molecular formula is C15H16N2O2. The summed E-state index contributed by atoms with van der Waals surface area (Å²) in [6.07, 6.45) is 5.48. The number of hydrogen-bond donors (Lipinski definition) is 0. The Balaban J connectivity index is 2.20. The second kappa shape index (κ2) is 6.00. The van der Waals surface area contributed by atoms with Gasteiger partial charge in [0.2, 0.25) is 0 Å². The summed E-state index contributed by atoms with van der Waals surface area (Å²) in [6, 6.07) is 9.94. The zero-order chi connectivity index (χ0) is 13.7. The quantitative estimate of drug-likeness (QED) is 0.624. The van der Waals surface area contributed by atoms with E-state index in [0.717, 1.165) is 11.4 Å². The number of aromatic nitrogens is 2. The number of benzene rings is 1. The van der Waals surface area contributed by atoms with Crippen LogP contribution in [0.4, 0.5) is 0 Å². The van der Waals surface area contributed by atoms with Crippen LogP contribution in [0.3, 0.4) is 0 Å². The molecule has 0 saturated heterocycles. The van der Waals surface area contributed by atoms with Gasteiger partial charge in [-0.25, -0.2) is 9.78 Å². The van der Waals surface area contributed by atoms with E-state index in [-0.39, 0.29) is 5.97 Å². The van der Waals surface area contributed by atoms with Gasteiger partial charge in [-0.15, -0.1) is 0 Å². The van der Waals surface area contributed by atoms with E-state index in [9.17, 15) is 4.79 Å². The molecule has 19 heavy (non-hydrogen) atoms. The summed E-state index contributed by atoms with van der Waals surface area (Å²) in [5, 5.41) is 0. The number of esters is 1. The molecule has 0 bridgehead atoms. The predicted octanol–water partition coefficient (Wildman–Crippen LogP) is 2.67. The highest BCUT2D eigenvalue weighted by molar-refractivity contribution is 5.87. The minimum Gasteiger partial charge on any atom is -0.466 e. The first-order valence-corrected chi connectivity index (χ1v) is 6.04. The third kappa shape index (κ3) is 3.10. The van der Waals surface area contributed by atoms with Gasteiger partial charge in [0.05, 0.1) is 7.11 Å². The predicted molar refractivity (Wildman–Crippen MR) is 73.4 cm³/mol. The van der Waals surface area contributed by atoms with Gasteiger partial charge in [-0.05, 0) is 6.92 Å². The minimum absolute atomic E-state index is 0.304. The molecule has 4 heteroatoms. The second-order valence-corrected chi connectivity index (χ2v) is 4.15. The lowest BCUT2D eigenvalue weighted by Gasteiger charge is -2.06. The fourth-order valence-corrected chi connectivity index (χ4v) is 1.78. The van der Waals surface area contributed by atoms with Crippen molar-refractivity contribution in [2.45, 2.75) is 13.5 Å². The van der Waals surface area contributed by atoms with Gasteiger partial charge >= 0.3 is 5.97 Å². The van der Waals surface area contributed by atoms with Gasteiger partial charge in [0.15, 0.2) is 0 Å². The summed E-state index contributed by atoms with van der Waals surface area (Å²) >= 11 is 0. The number of carbonyl (C=O) groups excluding carboxylic acids is 1. The normalized spacial score (nSPS) is 11.4. The van der Waals surface area contributed by atoms with E-state index in [1.54, 1.807) is 13.1 Å². The minimum atomic E-state index is -0.304. The van der Waals surface area contributed by atoms with E-state index in [1.807, 2.05) is 47.2 Å². The van der Waals surface area contributed by atoms with Crippen molar-refractivity contribution in [1.82, 2.24) is 9.55 Å². The van der Waals surface area contributed by atoms with Crippen molar-refractivity contribution in [3.63, 3.8) is 0 Å². The van der Waals surface area contributed by atoms with Crippen molar-refractivity contribution < 1.29 is 9.53 Å². The molecule has 98 valence electrons. The van der Waals surface area contributed by atoms with Gasteiger partial charge in [-0.3, -0.25) is 0 Å². The van der Waals surface area contributed by atoms with E-state index < -0.39 is 0 Å². The number of carbonyl (C=O) groups is 1. The molecule has 0 aliphatic heterocycles. The van der Waals surface area contributed by atoms with E-state index >= 15 is 0 Å². The molecule has 4 nitrogen and oxygen atoms in total. The summed E-state index contributed by atoms with van der Waals surface area (Å²) < 4.78 is 6.65. The molecule has 0 aliphatic rings. The number of methoxy groups -OCH3 is 1. The van der Waals surface area contributed by atoms with Gasteiger partial charge in [0.25, 0.3) is 0 Å². The van der Waals surface area contributed by atoms with Crippen LogP contribution in [0, 0.1) is 0 Å². The first kappa shape index (κ1) is 13.1. The van der Waals surface area contributed by atoms with E-state index in [1.165, 1.54) is 7.11 Å². The first-order valence-electron chi connectivity index (χ1n) is 6.04. The zero-order valence-corrected chi connectivity index (χ0v) is 11.0. The fourth-order valence-electron chi connectivity index (χ4n) is 1.78. The third-order valence-corrected chi connectivity index (χ3v) is 2.85. The molecule has 0 radical (unpaired) electrons. The standard InChI is InChI=1S/C15H16N2O2/c1-12(15(18)19-2)8-10-17-11-9-16-14(17)13-6-4-3-5-7-13/h3-9,11H,10H2,1-2H3. The average Bonchev–Trinajstić information content (AvgIpc) is 2.93. The number of hydrogen-bond acceptors (Lipinski definition) is 3. The van der Waals surface area contributed by atoms with Crippen LogP contribution in [-0.2, 0) is 16.1 Å². The average molecular weight is 256 g/mol. The number of allylic oxidation sites excluding steroid dienone is 1. The molecule has 0 atom stereocenters. The maximum Gasteiger partial charge on any atom is 0.333 e. The Morgan fingerprint density at radius 2 is 2.11 bits per heavy atom. The van der Waals surface area contributed by atoms with Crippen molar-refractivity contribution in [3.8, 4) is 11.4 Å². The van der Waals surface area contributed by atoms with Crippen molar-refractivity contribution in [3.05, 3.63) is 54.4 Å². The van der Waals surface area contributed by atoms with E-state index in [4.69, 9.17) is 0 Å². The summed E-state index contributed by atoms with van der Waals surface area (Å²) in [5.41, 5.74) is 1.65. The van der Waals surface area contributed by atoms with Crippen LogP contribution < -0.4 is 0 Å². The molecule has 0 amide bonds. The summed E-state index contributed by atoms with van der Waals surface area (Å²) in [5.74, 6) is 0.580. The Bertz CT molecular complexity index is 585. The Hall–Kier alpha value is -2.36. The SMILES string of the molecule is COC(=O)C(C)=CCn1ccnc1-c1ccccc1. The largest absolute Gasteiger partial charge is 0.466 e. The van der Waals surface area contributed by atoms with Crippen LogP contribution in [0.25, 0.3) is 11.4 Å². The fraction of sp³-hybridized carbons (Fsp3) is 0.200. The van der Waals surface area contributed by atoms with Crippen LogP contribution in [-0.4, -0.2) is 22.6 Å². The van der Waals surface area contributed by atoms with Crippen LogP contribution in [0.15, 0.2) is 54.4 Å². The summed E-state index contributed by atoms with van der Waals surface area (Å²) in [4.78, 5) is 15.7. The van der Waals surface area contributed by atoms with Crippen LogP contribution in [0.5, 0.6) is 0 Å². The first-order chi connectivity index (χ1) is 9.22. The topological polar surface area (TPSA) is 44.1 Å². The highest BCUT2D eigenvalue weighted by atomic mass is 16.5. The maximum atomic E-state index is 11.3. The van der Waals surface area contributed by atoms with Gasteiger partial charge in [0, 0.05) is 30.1 Å². The Kier molecular flexibility index (Phi) is 4.13. The van der Waals surface area contributed by atoms with Crippen molar-refractivity contribution in [1.29, 1.82) is 0 Å². The lowest BCUT2D eigenvalue weighted by molar-refractivity contribution is -0.136. The van der Waals surface area contributed by atoms with Crippen molar-refractivity contribution >= 4 is 5.97 Å². The van der Waals surface area contributed by atoms with Gasteiger partial charge in [-0.1, -0.05) is 36.4 Å². The zero-order valence-electron chi connectivity index (χ0n) is 11.0. The number of rotatable bonds is 4. The van der Waals surface area contributed by atoms with E-state index in [0.29, 0.717) is 12.1 Å². The summed E-state index contributed by atoms with van der Waals surface area (Å²) in [6.45, 7) is 2.33. The number of nitrogens with zero attached hydrogens (tertiary/aromatic N) is 2. The molecule has 1 heterocycles. The van der Waals surface area contributed by atoms with Crippen molar-refractivity contribution in [2.75, 3.05) is 7.11 Å². The smallest absolute Gasteiger partial charge is 0.333 e. The third-order valence-electron chi connectivity index (χ3n) is 2.85. The second-order valence-electron chi connectivity index (χ2n) is 4.15. The molecular weight excluding hydrogens is 240 g/mol. The van der Waals surface area contributed by atoms with Crippen LogP contribution in [0.2, 0.25) is 0 Å². The molecule has 0 unspecified atom stereocenters. The number of ether oxygens (including phenoxy) is 1. The lowest BCUT2D eigenvalue weighted by atomic mass is 10.2. The van der Waals surface area contributed by atoms with Gasteiger partial charge in [-0.2, -0.15) is 0 Å². The molecule has 2 rings (SSSR count). The molecule has 1 aromatic carbocycles.